The Morgan fingerprint density at radius 1 is 1.33 bits per heavy atom. The van der Waals surface area contributed by atoms with Gasteiger partial charge in [0.15, 0.2) is 0 Å². The minimum Gasteiger partial charge on any atom is -0.324 e. The van der Waals surface area contributed by atoms with Crippen molar-refractivity contribution in [2.24, 2.45) is 5.92 Å². The number of carbonyl (C=O) groups excluding carboxylic acids is 1. The lowest BCUT2D eigenvalue weighted by atomic mass is 9.85. The van der Waals surface area contributed by atoms with Crippen molar-refractivity contribution >= 4 is 11.6 Å². The Labute approximate surface area is 126 Å². The van der Waals surface area contributed by atoms with Crippen LogP contribution in [-0.4, -0.2) is 18.0 Å². The van der Waals surface area contributed by atoms with Gasteiger partial charge in [-0.25, -0.2) is 0 Å². The number of amides is 1. The second kappa shape index (κ2) is 7.24. The van der Waals surface area contributed by atoms with Crippen molar-refractivity contribution in [1.82, 2.24) is 5.32 Å². The zero-order valence-electron chi connectivity index (χ0n) is 12.7. The molecule has 1 aliphatic carbocycles. The molecule has 0 aromatic heterocycles. The van der Waals surface area contributed by atoms with Gasteiger partial charge in [-0.1, -0.05) is 31.9 Å². The third kappa shape index (κ3) is 4.05. The van der Waals surface area contributed by atoms with Crippen molar-refractivity contribution in [3.63, 3.8) is 0 Å². The predicted octanol–water partition coefficient (Wildman–Crippen LogP) is 3.05. The van der Waals surface area contributed by atoms with Crippen LogP contribution in [-0.2, 0) is 4.79 Å². The van der Waals surface area contributed by atoms with Gasteiger partial charge in [-0.2, -0.15) is 5.26 Å². The normalized spacial score (nSPS) is 23.1. The molecule has 0 radical (unpaired) electrons. The molecular weight excluding hydrogens is 262 g/mol. The van der Waals surface area contributed by atoms with E-state index in [1.165, 1.54) is 19.3 Å². The van der Waals surface area contributed by atoms with Crippen LogP contribution in [0.1, 0.15) is 45.1 Å². The summed E-state index contributed by atoms with van der Waals surface area (Å²) in [5.41, 5.74) is 1.07. The summed E-state index contributed by atoms with van der Waals surface area (Å²) in [5.74, 6) is 0.524. The van der Waals surface area contributed by atoms with Gasteiger partial charge in [0.1, 0.15) is 6.07 Å². The van der Waals surface area contributed by atoms with E-state index in [4.69, 9.17) is 5.26 Å². The quantitative estimate of drug-likeness (QED) is 0.893. The Morgan fingerprint density at radius 3 is 2.76 bits per heavy atom. The Kier molecular flexibility index (Phi) is 5.35. The highest BCUT2D eigenvalue weighted by Gasteiger charge is 2.25. The number of rotatable bonds is 4. The second-order valence-corrected chi connectivity index (χ2v) is 5.90. The first kappa shape index (κ1) is 15.5. The third-order valence-electron chi connectivity index (χ3n) is 4.27. The van der Waals surface area contributed by atoms with Crippen molar-refractivity contribution in [2.75, 3.05) is 5.32 Å². The van der Waals surface area contributed by atoms with E-state index in [0.29, 0.717) is 23.2 Å². The van der Waals surface area contributed by atoms with Crippen LogP contribution < -0.4 is 10.6 Å². The maximum absolute atomic E-state index is 12.3. The molecular formula is C17H23N3O. The molecule has 3 atom stereocenters. The zero-order valence-corrected chi connectivity index (χ0v) is 12.7. The lowest BCUT2D eigenvalue weighted by Gasteiger charge is -2.31. The molecule has 21 heavy (non-hydrogen) atoms. The number of para-hydroxylation sites is 1. The smallest absolute Gasteiger partial charge is 0.241 e. The molecule has 112 valence electrons. The summed E-state index contributed by atoms with van der Waals surface area (Å²) in [4.78, 5) is 12.3. The minimum absolute atomic E-state index is 0.0875. The van der Waals surface area contributed by atoms with Gasteiger partial charge in [0, 0.05) is 6.04 Å². The van der Waals surface area contributed by atoms with Crippen LogP contribution in [0.3, 0.4) is 0 Å². The Balaban J connectivity index is 1.95. The van der Waals surface area contributed by atoms with Crippen LogP contribution in [0.4, 0.5) is 5.69 Å². The number of carbonyl (C=O) groups is 1. The molecule has 1 aromatic carbocycles. The first-order chi connectivity index (χ1) is 10.1. The number of nitrogens with one attached hydrogen (secondary N) is 2. The monoisotopic (exact) mass is 285 g/mol. The number of hydrogen-bond donors (Lipinski definition) is 2. The third-order valence-corrected chi connectivity index (χ3v) is 4.27. The lowest BCUT2D eigenvalue weighted by Crippen LogP contribution is -2.47. The summed E-state index contributed by atoms with van der Waals surface area (Å²) < 4.78 is 0. The van der Waals surface area contributed by atoms with Crippen molar-refractivity contribution in [3.8, 4) is 6.07 Å². The van der Waals surface area contributed by atoms with Gasteiger partial charge >= 0.3 is 0 Å². The summed E-state index contributed by atoms with van der Waals surface area (Å²) in [5, 5.41) is 15.3. The van der Waals surface area contributed by atoms with Gasteiger partial charge in [-0.05, 0) is 37.8 Å². The fraction of sp³-hybridized carbons (Fsp3) is 0.529. The number of benzene rings is 1. The number of hydrogen-bond acceptors (Lipinski definition) is 3. The molecule has 1 aliphatic rings. The van der Waals surface area contributed by atoms with Gasteiger partial charge in [0.05, 0.1) is 17.3 Å². The number of nitriles is 1. The van der Waals surface area contributed by atoms with Crippen LogP contribution in [0, 0.1) is 17.2 Å². The van der Waals surface area contributed by atoms with Crippen LogP contribution in [0.25, 0.3) is 0 Å². The SMILES string of the molecule is C[C@H](N[C@@H]1CCCC[C@@H]1C)C(=O)Nc1ccccc1C#N. The standard InChI is InChI=1S/C17H23N3O/c1-12-7-3-5-9-15(12)19-13(2)17(21)20-16-10-6-4-8-14(16)11-18/h4,6,8,10,12-13,15,19H,3,5,7,9H2,1-2H3,(H,20,21)/t12-,13-,15+/m0/s1. The van der Waals surface area contributed by atoms with E-state index < -0.39 is 0 Å². The van der Waals surface area contributed by atoms with E-state index in [1.807, 2.05) is 13.0 Å². The maximum atomic E-state index is 12.3. The molecule has 0 heterocycles. The molecule has 4 heteroatoms. The van der Waals surface area contributed by atoms with E-state index in [0.717, 1.165) is 6.42 Å². The largest absolute Gasteiger partial charge is 0.324 e. The van der Waals surface area contributed by atoms with Gasteiger partial charge in [0.2, 0.25) is 5.91 Å². The number of anilines is 1. The molecule has 1 aromatic rings. The van der Waals surface area contributed by atoms with Crippen LogP contribution in [0.2, 0.25) is 0 Å². The maximum Gasteiger partial charge on any atom is 0.241 e. The highest BCUT2D eigenvalue weighted by Crippen LogP contribution is 2.24. The van der Waals surface area contributed by atoms with Gasteiger partial charge < -0.3 is 10.6 Å². The molecule has 1 amide bonds. The van der Waals surface area contributed by atoms with Gasteiger partial charge in [0.25, 0.3) is 0 Å². The first-order valence-electron chi connectivity index (χ1n) is 7.68. The number of nitrogens with zero attached hydrogens (tertiary/aromatic N) is 1. The first-order valence-corrected chi connectivity index (χ1v) is 7.68. The zero-order chi connectivity index (χ0) is 15.2. The van der Waals surface area contributed by atoms with Crippen LogP contribution in [0.5, 0.6) is 0 Å². The molecule has 4 nitrogen and oxygen atoms in total. The summed E-state index contributed by atoms with van der Waals surface area (Å²) in [6.45, 7) is 4.12. The van der Waals surface area contributed by atoms with Crippen molar-refractivity contribution < 1.29 is 4.79 Å². The fourth-order valence-corrected chi connectivity index (χ4v) is 2.89. The topological polar surface area (TPSA) is 64.9 Å². The highest BCUT2D eigenvalue weighted by atomic mass is 16.2. The summed E-state index contributed by atoms with van der Waals surface area (Å²) in [6.07, 6.45) is 4.87. The van der Waals surface area contributed by atoms with E-state index in [2.05, 4.69) is 23.6 Å². The minimum atomic E-state index is -0.262. The molecule has 0 aliphatic heterocycles. The summed E-state index contributed by atoms with van der Waals surface area (Å²) >= 11 is 0. The van der Waals surface area contributed by atoms with E-state index >= 15 is 0 Å². The second-order valence-electron chi connectivity index (χ2n) is 5.90. The van der Waals surface area contributed by atoms with E-state index in [9.17, 15) is 4.79 Å². The molecule has 1 saturated carbocycles. The fourth-order valence-electron chi connectivity index (χ4n) is 2.89. The van der Waals surface area contributed by atoms with Gasteiger partial charge in [-0.3, -0.25) is 4.79 Å². The average molecular weight is 285 g/mol. The highest BCUT2D eigenvalue weighted by molar-refractivity contribution is 5.95. The van der Waals surface area contributed by atoms with Crippen LogP contribution >= 0.6 is 0 Å². The average Bonchev–Trinajstić information content (AvgIpc) is 2.50. The molecule has 0 saturated heterocycles. The Bertz CT molecular complexity index is 535. The molecule has 2 N–H and O–H groups in total. The Hall–Kier alpha value is -1.86. The Morgan fingerprint density at radius 2 is 2.05 bits per heavy atom. The molecule has 0 spiro atoms. The van der Waals surface area contributed by atoms with Crippen molar-refractivity contribution in [1.29, 1.82) is 5.26 Å². The molecule has 0 bridgehead atoms. The van der Waals surface area contributed by atoms with Crippen molar-refractivity contribution in [3.05, 3.63) is 29.8 Å². The van der Waals surface area contributed by atoms with E-state index in [1.54, 1.807) is 18.2 Å². The lowest BCUT2D eigenvalue weighted by molar-refractivity contribution is -0.118. The predicted molar refractivity (Wildman–Crippen MR) is 83.8 cm³/mol. The van der Waals surface area contributed by atoms with Crippen molar-refractivity contribution in [2.45, 2.75) is 51.6 Å². The molecule has 0 unspecified atom stereocenters. The summed E-state index contributed by atoms with van der Waals surface area (Å²) in [7, 11) is 0. The summed E-state index contributed by atoms with van der Waals surface area (Å²) in [6, 6.07) is 9.31. The molecule has 1 fully saturated rings. The molecule has 2 rings (SSSR count). The van der Waals surface area contributed by atoms with Crippen LogP contribution in [0.15, 0.2) is 24.3 Å². The van der Waals surface area contributed by atoms with E-state index in [-0.39, 0.29) is 11.9 Å². The van der Waals surface area contributed by atoms with Gasteiger partial charge in [-0.15, -0.1) is 0 Å².